The van der Waals surface area contributed by atoms with E-state index in [2.05, 4.69) is 10.2 Å². The Labute approximate surface area is 131 Å². The molecule has 1 aliphatic heterocycles. The van der Waals surface area contributed by atoms with E-state index in [9.17, 15) is 0 Å². The Bertz CT molecular complexity index is 434. The van der Waals surface area contributed by atoms with Crippen molar-refractivity contribution in [1.82, 2.24) is 10.2 Å². The lowest BCUT2D eigenvalue weighted by Gasteiger charge is -2.26. The molecule has 2 fully saturated rings. The maximum atomic E-state index is 6.11. The third-order valence-corrected chi connectivity index (χ3v) is 4.62. The second-order valence-electron chi connectivity index (χ2n) is 6.21. The summed E-state index contributed by atoms with van der Waals surface area (Å²) in [4.78, 5) is 2.57. The van der Waals surface area contributed by atoms with Crippen molar-refractivity contribution < 1.29 is 0 Å². The summed E-state index contributed by atoms with van der Waals surface area (Å²) < 4.78 is 0. The number of nitrogens with one attached hydrogen (secondary N) is 1. The average molecular weight is 313 g/mol. The second-order valence-corrected chi connectivity index (χ2v) is 7.08. The van der Waals surface area contributed by atoms with Gasteiger partial charge in [0.2, 0.25) is 0 Å². The third-order valence-electron chi connectivity index (χ3n) is 4.18. The van der Waals surface area contributed by atoms with Gasteiger partial charge in [-0.25, -0.2) is 0 Å². The first kappa shape index (κ1) is 14.6. The van der Waals surface area contributed by atoms with Crippen LogP contribution in [0.15, 0.2) is 18.2 Å². The molecule has 1 aromatic rings. The van der Waals surface area contributed by atoms with Gasteiger partial charge >= 0.3 is 0 Å². The molecule has 2 nitrogen and oxygen atoms in total. The zero-order valence-electron chi connectivity index (χ0n) is 11.7. The van der Waals surface area contributed by atoms with Crippen molar-refractivity contribution >= 4 is 23.2 Å². The molecule has 1 aromatic carbocycles. The minimum absolute atomic E-state index is 0.656. The van der Waals surface area contributed by atoms with Gasteiger partial charge in [0.25, 0.3) is 0 Å². The van der Waals surface area contributed by atoms with Gasteiger partial charge in [0.15, 0.2) is 0 Å². The Morgan fingerprint density at radius 1 is 1.05 bits per heavy atom. The third kappa shape index (κ3) is 4.36. The molecule has 0 spiro atoms. The van der Waals surface area contributed by atoms with E-state index >= 15 is 0 Å². The SMILES string of the molecule is Clc1cc(Cl)cc(CN(CC2CC2)CC2CCCN2)c1. The van der Waals surface area contributed by atoms with E-state index in [0.717, 1.165) is 29.1 Å². The molecule has 2 aliphatic rings. The molecule has 1 saturated carbocycles. The molecule has 0 amide bonds. The summed E-state index contributed by atoms with van der Waals surface area (Å²) in [7, 11) is 0. The minimum atomic E-state index is 0.656. The standard InChI is InChI=1S/C16H22Cl2N2/c17-14-6-13(7-15(18)8-14)10-20(9-12-3-4-12)11-16-2-1-5-19-16/h6-8,12,16,19H,1-5,9-11H2. The van der Waals surface area contributed by atoms with Crippen LogP contribution < -0.4 is 5.32 Å². The van der Waals surface area contributed by atoms with E-state index in [1.54, 1.807) is 6.07 Å². The maximum Gasteiger partial charge on any atom is 0.0424 e. The average Bonchev–Trinajstić information content (AvgIpc) is 3.02. The Balaban J connectivity index is 1.64. The van der Waals surface area contributed by atoms with Crippen molar-refractivity contribution in [3.05, 3.63) is 33.8 Å². The zero-order chi connectivity index (χ0) is 13.9. The monoisotopic (exact) mass is 312 g/mol. The molecule has 4 heteroatoms. The molecule has 1 heterocycles. The normalized spacial score (nSPS) is 22.6. The van der Waals surface area contributed by atoms with Gasteiger partial charge in [-0.2, -0.15) is 0 Å². The topological polar surface area (TPSA) is 15.3 Å². The predicted molar refractivity (Wildman–Crippen MR) is 85.5 cm³/mol. The molecule has 1 aliphatic carbocycles. The number of hydrogen-bond donors (Lipinski definition) is 1. The fourth-order valence-electron chi connectivity index (χ4n) is 3.05. The number of hydrogen-bond acceptors (Lipinski definition) is 2. The summed E-state index contributed by atoms with van der Waals surface area (Å²) in [6.45, 7) is 4.48. The van der Waals surface area contributed by atoms with Crippen molar-refractivity contribution in [3.63, 3.8) is 0 Å². The van der Waals surface area contributed by atoms with Gasteiger partial charge in [-0.1, -0.05) is 23.2 Å². The second kappa shape index (κ2) is 6.65. The number of rotatable bonds is 6. The lowest BCUT2D eigenvalue weighted by Crippen LogP contribution is -2.38. The summed E-state index contributed by atoms with van der Waals surface area (Å²) in [6.07, 6.45) is 5.40. The summed E-state index contributed by atoms with van der Waals surface area (Å²) in [5, 5.41) is 5.06. The van der Waals surface area contributed by atoms with Gasteiger partial charge in [-0.05, 0) is 61.9 Å². The number of halogens is 2. The van der Waals surface area contributed by atoms with Crippen LogP contribution in [0.4, 0.5) is 0 Å². The number of benzene rings is 1. The summed E-state index contributed by atoms with van der Waals surface area (Å²) in [5.74, 6) is 0.908. The highest BCUT2D eigenvalue weighted by molar-refractivity contribution is 6.34. The largest absolute Gasteiger partial charge is 0.313 e. The van der Waals surface area contributed by atoms with E-state index in [1.165, 1.54) is 44.3 Å². The molecule has 20 heavy (non-hydrogen) atoms. The smallest absolute Gasteiger partial charge is 0.0424 e. The lowest BCUT2D eigenvalue weighted by molar-refractivity contribution is 0.232. The molecular weight excluding hydrogens is 291 g/mol. The first-order valence-corrected chi connectivity index (χ1v) is 8.35. The number of nitrogens with zero attached hydrogens (tertiary/aromatic N) is 1. The molecular formula is C16H22Cl2N2. The van der Waals surface area contributed by atoms with Crippen LogP contribution in [-0.2, 0) is 6.54 Å². The summed E-state index contributed by atoms with van der Waals surface area (Å²) in [6, 6.07) is 6.53. The van der Waals surface area contributed by atoms with E-state index < -0.39 is 0 Å². The molecule has 0 radical (unpaired) electrons. The van der Waals surface area contributed by atoms with Gasteiger partial charge < -0.3 is 5.32 Å². The molecule has 1 unspecified atom stereocenters. The highest BCUT2D eigenvalue weighted by atomic mass is 35.5. The Kier molecular flexibility index (Phi) is 4.87. The fourth-order valence-corrected chi connectivity index (χ4v) is 3.63. The van der Waals surface area contributed by atoms with Gasteiger partial charge in [0.05, 0.1) is 0 Å². The van der Waals surface area contributed by atoms with Crippen LogP contribution in [0.5, 0.6) is 0 Å². The summed E-state index contributed by atoms with van der Waals surface area (Å²) >= 11 is 12.2. The van der Waals surface area contributed by atoms with Crippen molar-refractivity contribution in [2.75, 3.05) is 19.6 Å². The van der Waals surface area contributed by atoms with E-state index in [4.69, 9.17) is 23.2 Å². The first-order chi connectivity index (χ1) is 9.69. The van der Waals surface area contributed by atoms with Crippen molar-refractivity contribution in [3.8, 4) is 0 Å². The van der Waals surface area contributed by atoms with Crippen molar-refractivity contribution in [1.29, 1.82) is 0 Å². The Morgan fingerprint density at radius 2 is 1.80 bits per heavy atom. The Hall–Kier alpha value is -0.280. The van der Waals surface area contributed by atoms with Crippen LogP contribution in [0.25, 0.3) is 0 Å². The van der Waals surface area contributed by atoms with Crippen LogP contribution >= 0.6 is 23.2 Å². The van der Waals surface area contributed by atoms with E-state index in [1.807, 2.05) is 12.1 Å². The molecule has 1 N–H and O–H groups in total. The van der Waals surface area contributed by atoms with Crippen LogP contribution in [-0.4, -0.2) is 30.6 Å². The molecule has 1 saturated heterocycles. The van der Waals surface area contributed by atoms with Crippen LogP contribution in [0.3, 0.4) is 0 Å². The van der Waals surface area contributed by atoms with Gasteiger partial charge in [-0.3, -0.25) is 4.90 Å². The fraction of sp³-hybridized carbons (Fsp3) is 0.625. The van der Waals surface area contributed by atoms with Gasteiger partial charge in [0, 0.05) is 35.7 Å². The predicted octanol–water partition coefficient (Wildman–Crippen LogP) is 3.96. The first-order valence-electron chi connectivity index (χ1n) is 7.60. The van der Waals surface area contributed by atoms with Gasteiger partial charge in [-0.15, -0.1) is 0 Å². The minimum Gasteiger partial charge on any atom is -0.313 e. The van der Waals surface area contributed by atoms with E-state index in [0.29, 0.717) is 6.04 Å². The summed E-state index contributed by atoms with van der Waals surface area (Å²) in [5.41, 5.74) is 1.22. The van der Waals surface area contributed by atoms with Crippen LogP contribution in [0, 0.1) is 5.92 Å². The zero-order valence-corrected chi connectivity index (χ0v) is 13.3. The highest BCUT2D eigenvalue weighted by Gasteiger charge is 2.26. The quantitative estimate of drug-likeness (QED) is 0.855. The van der Waals surface area contributed by atoms with Crippen LogP contribution in [0.2, 0.25) is 10.0 Å². The van der Waals surface area contributed by atoms with Crippen molar-refractivity contribution in [2.45, 2.75) is 38.3 Å². The lowest BCUT2D eigenvalue weighted by atomic mass is 10.1. The molecule has 0 aromatic heterocycles. The van der Waals surface area contributed by atoms with Crippen LogP contribution in [0.1, 0.15) is 31.2 Å². The van der Waals surface area contributed by atoms with E-state index in [-0.39, 0.29) is 0 Å². The Morgan fingerprint density at radius 3 is 2.40 bits per heavy atom. The van der Waals surface area contributed by atoms with Crippen molar-refractivity contribution in [2.24, 2.45) is 5.92 Å². The molecule has 0 bridgehead atoms. The molecule has 1 atom stereocenters. The molecule has 110 valence electrons. The molecule has 3 rings (SSSR count). The highest BCUT2D eigenvalue weighted by Crippen LogP contribution is 2.31. The maximum absolute atomic E-state index is 6.11. The van der Waals surface area contributed by atoms with Gasteiger partial charge in [0.1, 0.15) is 0 Å².